The molecular formula is C5H12N2O. The zero-order valence-corrected chi connectivity index (χ0v) is 5.49. The molecule has 8 heavy (non-hydrogen) atoms. The zero-order valence-electron chi connectivity index (χ0n) is 5.49. The Kier molecular flexibility index (Phi) is 3.19. The first-order valence-corrected chi connectivity index (χ1v) is 2.61. The van der Waals surface area contributed by atoms with Crippen molar-refractivity contribution in [1.82, 2.24) is 10.6 Å². The molecule has 0 saturated heterocycles. The van der Waals surface area contributed by atoms with Crippen LogP contribution in [0.4, 0.5) is 0 Å². The topological polar surface area (TPSA) is 41.1 Å². The second kappa shape index (κ2) is 3.43. The molecule has 1 unspecified atom stereocenters. The third-order valence-corrected chi connectivity index (χ3v) is 1.07. The molecule has 0 aromatic rings. The Hall–Kier alpha value is -0.570. The van der Waals surface area contributed by atoms with E-state index in [9.17, 15) is 4.79 Å². The Balaban J connectivity index is 3.46. The summed E-state index contributed by atoms with van der Waals surface area (Å²) in [5, 5.41) is 5.32. The molecule has 0 fully saturated rings. The molecule has 0 spiro atoms. The van der Waals surface area contributed by atoms with Crippen molar-refractivity contribution in [3.05, 3.63) is 0 Å². The second-order valence-corrected chi connectivity index (χ2v) is 1.62. The molecule has 0 aliphatic carbocycles. The van der Waals surface area contributed by atoms with Crippen LogP contribution in [0.5, 0.6) is 0 Å². The number of amides is 1. The van der Waals surface area contributed by atoms with Crippen molar-refractivity contribution in [2.75, 3.05) is 14.1 Å². The highest BCUT2D eigenvalue weighted by Gasteiger charge is 2.04. The number of hydrogen-bond donors (Lipinski definition) is 2. The summed E-state index contributed by atoms with van der Waals surface area (Å²) in [5.74, 6) is 0.0208. The van der Waals surface area contributed by atoms with Gasteiger partial charge in [-0.2, -0.15) is 0 Å². The van der Waals surface area contributed by atoms with Crippen LogP contribution < -0.4 is 10.6 Å². The Morgan fingerprint density at radius 1 is 1.50 bits per heavy atom. The fraction of sp³-hybridized carbons (Fsp3) is 0.800. The Morgan fingerprint density at radius 2 is 2.00 bits per heavy atom. The lowest BCUT2D eigenvalue weighted by Gasteiger charge is -2.05. The standard InChI is InChI=1S/C5H12N2O/c1-4(6-2)5(8)7-3/h4,6H,1-3H3,(H,7,8). The lowest BCUT2D eigenvalue weighted by Crippen LogP contribution is -2.38. The average molecular weight is 116 g/mol. The van der Waals surface area contributed by atoms with Gasteiger partial charge in [-0.1, -0.05) is 0 Å². The van der Waals surface area contributed by atoms with Crippen LogP contribution in [0.15, 0.2) is 0 Å². The van der Waals surface area contributed by atoms with Crippen LogP contribution in [-0.2, 0) is 4.79 Å². The molecule has 0 aliphatic heterocycles. The molecular weight excluding hydrogens is 104 g/mol. The fourth-order valence-electron chi connectivity index (χ4n) is 0.348. The summed E-state index contributed by atoms with van der Waals surface area (Å²) in [7, 11) is 3.37. The number of carbonyl (C=O) groups excluding carboxylic acids is 1. The molecule has 0 heterocycles. The molecule has 0 saturated carbocycles. The third kappa shape index (κ3) is 1.93. The first-order valence-electron chi connectivity index (χ1n) is 2.61. The highest BCUT2D eigenvalue weighted by Crippen LogP contribution is 1.75. The predicted molar refractivity (Wildman–Crippen MR) is 32.6 cm³/mol. The normalized spacial score (nSPS) is 12.9. The van der Waals surface area contributed by atoms with Gasteiger partial charge in [0.25, 0.3) is 0 Å². The van der Waals surface area contributed by atoms with Crippen LogP contribution in [0.1, 0.15) is 6.92 Å². The van der Waals surface area contributed by atoms with Gasteiger partial charge in [0.1, 0.15) is 0 Å². The van der Waals surface area contributed by atoms with Gasteiger partial charge in [-0.15, -0.1) is 0 Å². The zero-order chi connectivity index (χ0) is 6.57. The van der Waals surface area contributed by atoms with Gasteiger partial charge in [0, 0.05) is 7.05 Å². The fourth-order valence-corrected chi connectivity index (χ4v) is 0.348. The molecule has 48 valence electrons. The van der Waals surface area contributed by atoms with Gasteiger partial charge in [-0.05, 0) is 14.0 Å². The Bertz CT molecular complexity index is 82.5. The van der Waals surface area contributed by atoms with E-state index in [1.807, 2.05) is 0 Å². The molecule has 0 radical (unpaired) electrons. The summed E-state index contributed by atoms with van der Waals surface area (Å²) in [6.07, 6.45) is 0. The van der Waals surface area contributed by atoms with Crippen molar-refractivity contribution in [1.29, 1.82) is 0 Å². The summed E-state index contributed by atoms with van der Waals surface area (Å²) in [5.41, 5.74) is 0. The predicted octanol–water partition coefficient (Wildman–Crippen LogP) is -0.660. The van der Waals surface area contributed by atoms with Crippen molar-refractivity contribution < 1.29 is 4.79 Å². The Morgan fingerprint density at radius 3 is 2.12 bits per heavy atom. The SMILES string of the molecule is CNC(=O)C(C)NC. The van der Waals surface area contributed by atoms with Gasteiger partial charge >= 0.3 is 0 Å². The molecule has 0 rings (SSSR count). The summed E-state index contributed by atoms with van der Waals surface area (Å²) < 4.78 is 0. The number of nitrogens with one attached hydrogen (secondary N) is 2. The quantitative estimate of drug-likeness (QED) is 0.503. The smallest absolute Gasteiger partial charge is 0.236 e. The minimum atomic E-state index is -0.0833. The van der Waals surface area contributed by atoms with Crippen LogP contribution in [0, 0.1) is 0 Å². The van der Waals surface area contributed by atoms with E-state index in [0.717, 1.165) is 0 Å². The number of hydrogen-bond acceptors (Lipinski definition) is 2. The molecule has 2 N–H and O–H groups in total. The molecule has 1 atom stereocenters. The van der Waals surface area contributed by atoms with Crippen LogP contribution in [0.25, 0.3) is 0 Å². The van der Waals surface area contributed by atoms with E-state index in [1.165, 1.54) is 0 Å². The summed E-state index contributed by atoms with van der Waals surface area (Å²) in [6, 6.07) is -0.0833. The summed E-state index contributed by atoms with van der Waals surface area (Å²) >= 11 is 0. The van der Waals surface area contributed by atoms with Gasteiger partial charge in [0.2, 0.25) is 5.91 Å². The molecule has 0 aromatic carbocycles. The van der Waals surface area contributed by atoms with Crippen LogP contribution >= 0.6 is 0 Å². The minimum absolute atomic E-state index is 0.0208. The van der Waals surface area contributed by atoms with E-state index in [0.29, 0.717) is 0 Å². The van der Waals surface area contributed by atoms with Gasteiger partial charge in [-0.25, -0.2) is 0 Å². The van der Waals surface area contributed by atoms with Crippen molar-refractivity contribution in [3.8, 4) is 0 Å². The minimum Gasteiger partial charge on any atom is -0.358 e. The number of carbonyl (C=O) groups is 1. The van der Waals surface area contributed by atoms with Crippen molar-refractivity contribution in [2.45, 2.75) is 13.0 Å². The maximum atomic E-state index is 10.6. The monoisotopic (exact) mass is 116 g/mol. The van der Waals surface area contributed by atoms with Crippen LogP contribution in [-0.4, -0.2) is 26.0 Å². The number of likely N-dealkylation sites (N-methyl/N-ethyl adjacent to an activating group) is 2. The van der Waals surface area contributed by atoms with E-state index in [4.69, 9.17) is 0 Å². The van der Waals surface area contributed by atoms with E-state index in [1.54, 1.807) is 21.0 Å². The lowest BCUT2D eigenvalue weighted by atomic mass is 10.3. The van der Waals surface area contributed by atoms with Crippen molar-refractivity contribution in [2.24, 2.45) is 0 Å². The third-order valence-electron chi connectivity index (χ3n) is 1.07. The molecule has 0 aliphatic rings. The molecule has 3 heteroatoms. The van der Waals surface area contributed by atoms with Gasteiger partial charge < -0.3 is 10.6 Å². The van der Waals surface area contributed by atoms with Crippen LogP contribution in [0.3, 0.4) is 0 Å². The largest absolute Gasteiger partial charge is 0.358 e. The van der Waals surface area contributed by atoms with Gasteiger partial charge in [0.05, 0.1) is 6.04 Å². The van der Waals surface area contributed by atoms with E-state index in [2.05, 4.69) is 10.6 Å². The van der Waals surface area contributed by atoms with Crippen molar-refractivity contribution >= 4 is 5.91 Å². The number of rotatable bonds is 2. The lowest BCUT2D eigenvalue weighted by molar-refractivity contribution is -0.122. The van der Waals surface area contributed by atoms with Gasteiger partial charge in [-0.3, -0.25) is 4.79 Å². The maximum absolute atomic E-state index is 10.6. The maximum Gasteiger partial charge on any atom is 0.236 e. The van der Waals surface area contributed by atoms with Crippen LogP contribution in [0.2, 0.25) is 0 Å². The highest BCUT2D eigenvalue weighted by atomic mass is 16.2. The second-order valence-electron chi connectivity index (χ2n) is 1.62. The average Bonchev–Trinajstić information content (AvgIpc) is 1.84. The molecule has 1 amide bonds. The van der Waals surface area contributed by atoms with Gasteiger partial charge in [0.15, 0.2) is 0 Å². The van der Waals surface area contributed by atoms with E-state index in [-0.39, 0.29) is 11.9 Å². The van der Waals surface area contributed by atoms with Crippen molar-refractivity contribution in [3.63, 3.8) is 0 Å². The highest BCUT2D eigenvalue weighted by molar-refractivity contribution is 5.80. The molecule has 0 bridgehead atoms. The Labute approximate surface area is 49.5 Å². The summed E-state index contributed by atoms with van der Waals surface area (Å²) in [4.78, 5) is 10.6. The first-order chi connectivity index (χ1) is 3.72. The van der Waals surface area contributed by atoms with E-state index >= 15 is 0 Å². The molecule has 0 aromatic heterocycles. The van der Waals surface area contributed by atoms with E-state index < -0.39 is 0 Å². The molecule has 3 nitrogen and oxygen atoms in total. The first kappa shape index (κ1) is 7.43. The summed E-state index contributed by atoms with van der Waals surface area (Å²) in [6.45, 7) is 1.80.